The fourth-order valence-electron chi connectivity index (χ4n) is 3.55. The summed E-state index contributed by atoms with van der Waals surface area (Å²) in [6.07, 6.45) is 1.29. The molecule has 0 bridgehead atoms. The molecule has 0 saturated carbocycles. The fraction of sp³-hybridized carbons (Fsp3) is 0.304. The van der Waals surface area contributed by atoms with Crippen molar-refractivity contribution in [1.82, 2.24) is 10.2 Å². The highest BCUT2D eigenvalue weighted by molar-refractivity contribution is 5.98. The molecule has 1 heterocycles. The molecule has 2 aromatic rings. The lowest BCUT2D eigenvalue weighted by molar-refractivity contribution is -0.115. The molecule has 31 heavy (non-hydrogen) atoms. The Morgan fingerprint density at radius 2 is 1.32 bits per heavy atom. The molecule has 4 amide bonds. The predicted octanol–water partition coefficient (Wildman–Crippen LogP) is 2.64. The molecular weight excluding hydrogens is 396 g/mol. The van der Waals surface area contributed by atoms with Gasteiger partial charge in [-0.1, -0.05) is 12.1 Å². The van der Waals surface area contributed by atoms with E-state index in [0.717, 1.165) is 0 Å². The van der Waals surface area contributed by atoms with Gasteiger partial charge in [0.2, 0.25) is 11.8 Å². The van der Waals surface area contributed by atoms with Crippen LogP contribution in [0.5, 0.6) is 0 Å². The summed E-state index contributed by atoms with van der Waals surface area (Å²) in [5.74, 6) is -0.694. The number of nitrogens with zero attached hydrogens (tertiary/aromatic N) is 1. The second-order valence-electron chi connectivity index (χ2n) is 7.56. The Bertz CT molecular complexity index is 997. The van der Waals surface area contributed by atoms with Crippen molar-refractivity contribution in [3.8, 4) is 0 Å². The van der Waals surface area contributed by atoms with Crippen molar-refractivity contribution in [2.45, 2.75) is 32.7 Å². The number of hydrogen-bond donors (Lipinski definition) is 3. The van der Waals surface area contributed by atoms with E-state index in [1.165, 1.54) is 13.8 Å². The van der Waals surface area contributed by atoms with Crippen molar-refractivity contribution in [1.29, 1.82) is 0 Å². The molecule has 162 valence electrons. The number of hydrogen-bond acceptors (Lipinski definition) is 4. The van der Waals surface area contributed by atoms with Gasteiger partial charge in [-0.2, -0.15) is 0 Å². The van der Waals surface area contributed by atoms with E-state index in [-0.39, 0.29) is 29.7 Å². The molecule has 8 heteroatoms. The zero-order valence-electron chi connectivity index (χ0n) is 17.6. The molecule has 1 saturated heterocycles. The van der Waals surface area contributed by atoms with Crippen molar-refractivity contribution in [3.05, 3.63) is 59.7 Å². The summed E-state index contributed by atoms with van der Waals surface area (Å²) in [5, 5.41) is 8.36. The third kappa shape index (κ3) is 6.15. The average Bonchev–Trinajstić information content (AvgIpc) is 2.73. The Kier molecular flexibility index (Phi) is 7.02. The smallest absolute Gasteiger partial charge is 0.253 e. The fourth-order valence-corrected chi connectivity index (χ4v) is 3.55. The maximum absolute atomic E-state index is 12.8. The molecule has 0 unspecified atom stereocenters. The number of amides is 4. The monoisotopic (exact) mass is 422 g/mol. The zero-order valence-corrected chi connectivity index (χ0v) is 17.6. The number of piperidine rings is 1. The number of rotatable bonds is 5. The Hall–Kier alpha value is -3.68. The molecular formula is C23H26N4O4. The molecule has 3 rings (SSSR count). The van der Waals surface area contributed by atoms with Gasteiger partial charge in [-0.25, -0.2) is 0 Å². The summed E-state index contributed by atoms with van der Waals surface area (Å²) in [5.41, 5.74) is 2.15. The lowest BCUT2D eigenvalue weighted by atomic mass is 10.0. The van der Waals surface area contributed by atoms with Crippen molar-refractivity contribution in [3.63, 3.8) is 0 Å². The number of carbonyl (C=O) groups is 4. The van der Waals surface area contributed by atoms with E-state index in [1.807, 2.05) is 0 Å². The molecule has 0 atom stereocenters. The summed E-state index contributed by atoms with van der Waals surface area (Å²) < 4.78 is 0. The highest BCUT2D eigenvalue weighted by Gasteiger charge is 2.25. The van der Waals surface area contributed by atoms with Gasteiger partial charge in [0, 0.05) is 55.5 Å². The van der Waals surface area contributed by atoms with Crippen LogP contribution in [0.2, 0.25) is 0 Å². The van der Waals surface area contributed by atoms with E-state index in [0.29, 0.717) is 48.4 Å². The van der Waals surface area contributed by atoms with Gasteiger partial charge in [0.25, 0.3) is 11.8 Å². The first-order valence-electron chi connectivity index (χ1n) is 10.2. The van der Waals surface area contributed by atoms with Gasteiger partial charge in [0.05, 0.1) is 0 Å². The predicted molar refractivity (Wildman–Crippen MR) is 118 cm³/mol. The molecule has 8 nitrogen and oxygen atoms in total. The van der Waals surface area contributed by atoms with Crippen LogP contribution in [0.3, 0.4) is 0 Å². The van der Waals surface area contributed by atoms with Crippen LogP contribution < -0.4 is 16.0 Å². The minimum Gasteiger partial charge on any atom is -0.349 e. The van der Waals surface area contributed by atoms with E-state index >= 15 is 0 Å². The van der Waals surface area contributed by atoms with Gasteiger partial charge >= 0.3 is 0 Å². The van der Waals surface area contributed by atoms with Crippen molar-refractivity contribution in [2.24, 2.45) is 0 Å². The average molecular weight is 422 g/mol. The lowest BCUT2D eigenvalue weighted by Gasteiger charge is -2.32. The maximum atomic E-state index is 12.8. The molecule has 2 aromatic carbocycles. The van der Waals surface area contributed by atoms with E-state index in [1.54, 1.807) is 53.4 Å². The van der Waals surface area contributed by atoms with E-state index in [2.05, 4.69) is 16.0 Å². The van der Waals surface area contributed by atoms with Gasteiger partial charge in [-0.05, 0) is 49.2 Å². The minimum atomic E-state index is -0.208. The summed E-state index contributed by atoms with van der Waals surface area (Å²) in [7, 11) is 0. The second-order valence-corrected chi connectivity index (χ2v) is 7.56. The first kappa shape index (κ1) is 22.0. The summed E-state index contributed by atoms with van der Waals surface area (Å²) in [6.45, 7) is 3.89. The van der Waals surface area contributed by atoms with Gasteiger partial charge in [-0.3, -0.25) is 19.2 Å². The third-order valence-corrected chi connectivity index (χ3v) is 4.99. The van der Waals surface area contributed by atoms with Crippen molar-refractivity contribution in [2.75, 3.05) is 23.7 Å². The number of anilines is 2. The summed E-state index contributed by atoms with van der Waals surface area (Å²) >= 11 is 0. The minimum absolute atomic E-state index is 0.0355. The molecule has 0 spiro atoms. The topological polar surface area (TPSA) is 108 Å². The molecule has 3 N–H and O–H groups in total. The van der Waals surface area contributed by atoms with Crippen molar-refractivity contribution < 1.29 is 19.2 Å². The van der Waals surface area contributed by atoms with Gasteiger partial charge in [0.15, 0.2) is 0 Å². The molecule has 1 aliphatic rings. The normalized spacial score (nSPS) is 13.9. The Balaban J connectivity index is 1.55. The summed E-state index contributed by atoms with van der Waals surface area (Å²) in [4.78, 5) is 49.6. The van der Waals surface area contributed by atoms with Gasteiger partial charge < -0.3 is 20.9 Å². The lowest BCUT2D eigenvalue weighted by Crippen LogP contribution is -2.46. The van der Waals surface area contributed by atoms with Crippen LogP contribution in [0.1, 0.15) is 47.4 Å². The third-order valence-electron chi connectivity index (χ3n) is 4.99. The Morgan fingerprint density at radius 1 is 0.806 bits per heavy atom. The highest BCUT2D eigenvalue weighted by atomic mass is 16.2. The first-order valence-corrected chi connectivity index (χ1v) is 10.2. The van der Waals surface area contributed by atoms with Crippen LogP contribution in [-0.2, 0) is 9.59 Å². The number of nitrogens with one attached hydrogen (secondary N) is 3. The Morgan fingerprint density at radius 3 is 1.87 bits per heavy atom. The summed E-state index contributed by atoms with van der Waals surface area (Å²) in [6, 6.07) is 13.6. The molecule has 1 fully saturated rings. The number of carbonyl (C=O) groups excluding carboxylic acids is 4. The van der Waals surface area contributed by atoms with E-state index < -0.39 is 0 Å². The van der Waals surface area contributed by atoms with Crippen LogP contribution in [0, 0.1) is 0 Å². The van der Waals surface area contributed by atoms with Gasteiger partial charge in [-0.15, -0.1) is 0 Å². The SMILES string of the molecule is CC(=O)Nc1cccc(C(=O)NC2CCN(C(=O)c3cccc(NC(C)=O)c3)CC2)c1. The molecule has 1 aliphatic heterocycles. The Labute approximate surface area is 181 Å². The van der Waals surface area contributed by atoms with Crippen LogP contribution in [-0.4, -0.2) is 47.7 Å². The van der Waals surface area contributed by atoms with Crippen LogP contribution in [0.15, 0.2) is 48.5 Å². The highest BCUT2D eigenvalue weighted by Crippen LogP contribution is 2.18. The molecule has 0 radical (unpaired) electrons. The van der Waals surface area contributed by atoms with Crippen LogP contribution in [0.4, 0.5) is 11.4 Å². The van der Waals surface area contributed by atoms with E-state index in [9.17, 15) is 19.2 Å². The second kappa shape index (κ2) is 9.88. The molecule has 0 aromatic heterocycles. The van der Waals surface area contributed by atoms with Crippen LogP contribution in [0.25, 0.3) is 0 Å². The first-order chi connectivity index (χ1) is 14.8. The van der Waals surface area contributed by atoms with E-state index in [4.69, 9.17) is 0 Å². The zero-order chi connectivity index (χ0) is 22.4. The number of likely N-dealkylation sites (tertiary alicyclic amines) is 1. The maximum Gasteiger partial charge on any atom is 0.253 e. The van der Waals surface area contributed by atoms with Crippen LogP contribution >= 0.6 is 0 Å². The van der Waals surface area contributed by atoms with Gasteiger partial charge in [0.1, 0.15) is 0 Å². The molecule has 0 aliphatic carbocycles. The number of benzene rings is 2. The van der Waals surface area contributed by atoms with Crippen molar-refractivity contribution >= 4 is 35.0 Å². The quantitative estimate of drug-likeness (QED) is 0.688. The standard InChI is InChI=1S/C23H26N4O4/c1-15(28)24-20-7-3-5-17(13-20)22(30)26-19-9-11-27(12-10-19)23(31)18-6-4-8-21(14-18)25-16(2)29/h3-8,13-14,19H,9-12H2,1-2H3,(H,24,28)(H,25,29)(H,26,30). The largest absolute Gasteiger partial charge is 0.349 e.